The molecule has 2 N–H and O–H groups in total. The first-order valence-corrected chi connectivity index (χ1v) is 6.01. The number of aromatic nitrogens is 1. The minimum atomic E-state index is -0.823. The molecule has 0 fully saturated rings. The second-order valence-electron chi connectivity index (χ2n) is 3.98. The van der Waals surface area contributed by atoms with E-state index in [9.17, 15) is 9.59 Å². The number of aliphatic carboxylic acids is 1. The fraction of sp³-hybridized carbons (Fsp3) is 0.417. The average Bonchev–Trinajstić information content (AvgIpc) is 2.34. The number of carboxylic acids is 1. The van der Waals surface area contributed by atoms with Gasteiger partial charge in [-0.25, -0.2) is 4.98 Å². The molecule has 5 nitrogen and oxygen atoms in total. The quantitative estimate of drug-likeness (QED) is 0.612. The average molecular weight is 271 g/mol. The molecule has 0 aliphatic heterocycles. The van der Waals surface area contributed by atoms with Crippen LogP contribution in [0.15, 0.2) is 18.3 Å². The zero-order chi connectivity index (χ0) is 13.5. The van der Waals surface area contributed by atoms with Gasteiger partial charge in [0.15, 0.2) is 0 Å². The summed E-state index contributed by atoms with van der Waals surface area (Å²) in [7, 11) is 0. The second-order valence-corrected chi connectivity index (χ2v) is 4.34. The van der Waals surface area contributed by atoms with Crippen LogP contribution in [0.3, 0.4) is 0 Å². The highest BCUT2D eigenvalue weighted by atomic mass is 35.5. The Balaban J connectivity index is 2.34. The maximum Gasteiger partial charge on any atom is 0.306 e. The first-order chi connectivity index (χ1) is 8.52. The van der Waals surface area contributed by atoms with Gasteiger partial charge in [-0.1, -0.05) is 18.5 Å². The molecule has 0 saturated heterocycles. The van der Waals surface area contributed by atoms with Crippen LogP contribution < -0.4 is 5.32 Å². The van der Waals surface area contributed by atoms with Crippen LogP contribution in [0.25, 0.3) is 0 Å². The van der Waals surface area contributed by atoms with Crippen molar-refractivity contribution in [1.29, 1.82) is 0 Å². The Morgan fingerprint density at radius 2 is 2.28 bits per heavy atom. The summed E-state index contributed by atoms with van der Waals surface area (Å²) in [6.45, 7) is 2.06. The number of carbonyl (C=O) groups is 2. The van der Waals surface area contributed by atoms with Crippen LogP contribution in [-0.4, -0.2) is 28.5 Å². The van der Waals surface area contributed by atoms with Crippen LogP contribution >= 0.6 is 11.6 Å². The molecule has 0 aliphatic carbocycles. The Bertz CT molecular complexity index is 437. The largest absolute Gasteiger partial charge is 0.481 e. The highest BCUT2D eigenvalue weighted by molar-refractivity contribution is 6.32. The Labute approximate surface area is 110 Å². The van der Waals surface area contributed by atoms with Crippen LogP contribution in [0.2, 0.25) is 5.15 Å². The Morgan fingerprint density at radius 1 is 1.56 bits per heavy atom. The maximum atomic E-state index is 11.7. The van der Waals surface area contributed by atoms with Crippen molar-refractivity contribution in [1.82, 2.24) is 10.3 Å². The number of carboxylic acid groups (broad SMARTS) is 1. The monoisotopic (exact) mass is 270 g/mol. The van der Waals surface area contributed by atoms with Gasteiger partial charge in [0.05, 0.1) is 11.5 Å². The van der Waals surface area contributed by atoms with Gasteiger partial charge in [-0.05, 0) is 25.0 Å². The molecule has 0 aromatic carbocycles. The summed E-state index contributed by atoms with van der Waals surface area (Å²) in [6, 6.07) is 3.22. The molecule has 1 aromatic rings. The SMILES string of the molecule is CC(CCCNC(=O)c1cccnc1Cl)C(=O)O. The summed E-state index contributed by atoms with van der Waals surface area (Å²) in [6.07, 6.45) is 2.64. The summed E-state index contributed by atoms with van der Waals surface area (Å²) < 4.78 is 0. The lowest BCUT2D eigenvalue weighted by molar-refractivity contribution is -0.141. The molecule has 0 saturated carbocycles. The zero-order valence-corrected chi connectivity index (χ0v) is 10.8. The van der Waals surface area contributed by atoms with E-state index in [1.165, 1.54) is 6.20 Å². The van der Waals surface area contributed by atoms with Gasteiger partial charge in [-0.15, -0.1) is 0 Å². The lowest BCUT2D eigenvalue weighted by Crippen LogP contribution is -2.25. The lowest BCUT2D eigenvalue weighted by Gasteiger charge is -2.08. The molecule has 0 radical (unpaired) electrons. The minimum absolute atomic E-state index is 0.161. The molecular weight excluding hydrogens is 256 g/mol. The fourth-order valence-corrected chi connectivity index (χ4v) is 1.59. The lowest BCUT2D eigenvalue weighted by atomic mass is 10.1. The van der Waals surface area contributed by atoms with Crippen molar-refractivity contribution in [3.63, 3.8) is 0 Å². The maximum absolute atomic E-state index is 11.7. The molecule has 0 bridgehead atoms. The molecular formula is C12H15ClN2O3. The predicted molar refractivity (Wildman–Crippen MR) is 67.6 cm³/mol. The van der Waals surface area contributed by atoms with E-state index in [2.05, 4.69) is 10.3 Å². The van der Waals surface area contributed by atoms with Gasteiger partial charge in [0.1, 0.15) is 5.15 Å². The van der Waals surface area contributed by atoms with Gasteiger partial charge in [0.2, 0.25) is 0 Å². The molecule has 1 amide bonds. The van der Waals surface area contributed by atoms with E-state index < -0.39 is 11.9 Å². The molecule has 1 unspecified atom stereocenters. The smallest absolute Gasteiger partial charge is 0.306 e. The summed E-state index contributed by atoms with van der Waals surface area (Å²) >= 11 is 5.77. The number of pyridine rings is 1. The molecule has 18 heavy (non-hydrogen) atoms. The van der Waals surface area contributed by atoms with E-state index in [-0.39, 0.29) is 11.1 Å². The van der Waals surface area contributed by atoms with Crippen molar-refractivity contribution in [2.45, 2.75) is 19.8 Å². The van der Waals surface area contributed by atoms with Crippen LogP contribution in [0.4, 0.5) is 0 Å². The van der Waals surface area contributed by atoms with E-state index in [0.29, 0.717) is 24.9 Å². The van der Waals surface area contributed by atoms with Crippen LogP contribution in [-0.2, 0) is 4.79 Å². The first kappa shape index (κ1) is 14.4. The molecule has 6 heteroatoms. The number of rotatable bonds is 6. The van der Waals surface area contributed by atoms with Gasteiger partial charge < -0.3 is 10.4 Å². The second kappa shape index (κ2) is 6.96. The van der Waals surface area contributed by atoms with Crippen LogP contribution in [0, 0.1) is 5.92 Å². The normalized spacial score (nSPS) is 11.9. The third-order valence-electron chi connectivity index (χ3n) is 2.52. The summed E-state index contributed by atoms with van der Waals surface area (Å²) in [5.74, 6) is -1.52. The number of nitrogens with one attached hydrogen (secondary N) is 1. The van der Waals surface area contributed by atoms with Crippen LogP contribution in [0.5, 0.6) is 0 Å². The highest BCUT2D eigenvalue weighted by Gasteiger charge is 2.12. The molecule has 1 rings (SSSR count). The minimum Gasteiger partial charge on any atom is -0.481 e. The Kier molecular flexibility index (Phi) is 5.58. The van der Waals surface area contributed by atoms with Crippen molar-refractivity contribution in [3.8, 4) is 0 Å². The van der Waals surface area contributed by atoms with E-state index in [1.54, 1.807) is 19.1 Å². The summed E-state index contributed by atoms with van der Waals surface area (Å²) in [5, 5.41) is 11.5. The van der Waals surface area contributed by atoms with Gasteiger partial charge in [-0.2, -0.15) is 0 Å². The molecule has 98 valence electrons. The Hall–Kier alpha value is -1.62. The van der Waals surface area contributed by atoms with Crippen molar-refractivity contribution in [2.24, 2.45) is 5.92 Å². The van der Waals surface area contributed by atoms with Crippen molar-refractivity contribution >= 4 is 23.5 Å². The van der Waals surface area contributed by atoms with E-state index >= 15 is 0 Å². The standard InChI is InChI=1S/C12H15ClN2O3/c1-8(12(17)18)4-2-7-15-11(16)9-5-3-6-14-10(9)13/h3,5-6,8H,2,4,7H2,1H3,(H,15,16)(H,17,18). The number of hydrogen-bond donors (Lipinski definition) is 2. The van der Waals surface area contributed by atoms with E-state index in [4.69, 9.17) is 16.7 Å². The van der Waals surface area contributed by atoms with Crippen molar-refractivity contribution in [3.05, 3.63) is 29.0 Å². The first-order valence-electron chi connectivity index (χ1n) is 5.64. The molecule has 1 aromatic heterocycles. The zero-order valence-electron chi connectivity index (χ0n) is 10.0. The van der Waals surface area contributed by atoms with Gasteiger partial charge >= 0.3 is 5.97 Å². The summed E-state index contributed by atoms with van der Waals surface area (Å²) in [4.78, 5) is 26.1. The van der Waals surface area contributed by atoms with Gasteiger partial charge in [0.25, 0.3) is 5.91 Å². The molecule has 0 spiro atoms. The Morgan fingerprint density at radius 3 is 2.89 bits per heavy atom. The third kappa shape index (κ3) is 4.33. The topological polar surface area (TPSA) is 79.3 Å². The molecule has 1 heterocycles. The predicted octanol–water partition coefficient (Wildman–Crippen LogP) is 1.97. The van der Waals surface area contributed by atoms with E-state index in [0.717, 1.165) is 0 Å². The van der Waals surface area contributed by atoms with Crippen LogP contribution in [0.1, 0.15) is 30.1 Å². The van der Waals surface area contributed by atoms with Crippen molar-refractivity contribution < 1.29 is 14.7 Å². The number of amides is 1. The number of nitrogens with zero attached hydrogens (tertiary/aromatic N) is 1. The van der Waals surface area contributed by atoms with Gasteiger partial charge in [0, 0.05) is 12.7 Å². The van der Waals surface area contributed by atoms with Crippen molar-refractivity contribution in [2.75, 3.05) is 6.54 Å². The highest BCUT2D eigenvalue weighted by Crippen LogP contribution is 2.11. The number of halogens is 1. The molecule has 1 atom stereocenters. The molecule has 0 aliphatic rings. The van der Waals surface area contributed by atoms with Gasteiger partial charge in [-0.3, -0.25) is 9.59 Å². The summed E-state index contributed by atoms with van der Waals surface area (Å²) in [5.41, 5.74) is 0.324. The number of carbonyl (C=O) groups excluding carboxylic acids is 1. The van der Waals surface area contributed by atoms with E-state index in [1.807, 2.05) is 0 Å². The fourth-order valence-electron chi connectivity index (χ4n) is 1.38. The number of hydrogen-bond acceptors (Lipinski definition) is 3. The third-order valence-corrected chi connectivity index (χ3v) is 2.83.